The fourth-order valence-electron chi connectivity index (χ4n) is 2.61. The molecule has 1 aliphatic rings. The van der Waals surface area contributed by atoms with Crippen molar-refractivity contribution in [2.45, 2.75) is 37.9 Å². The highest BCUT2D eigenvalue weighted by molar-refractivity contribution is 7.99. The summed E-state index contributed by atoms with van der Waals surface area (Å²) in [4.78, 5) is 12.4. The van der Waals surface area contributed by atoms with Crippen molar-refractivity contribution in [3.63, 3.8) is 0 Å². The molecule has 4 rings (SSSR count). The summed E-state index contributed by atoms with van der Waals surface area (Å²) in [5, 5.41) is 19.8. The van der Waals surface area contributed by atoms with Crippen LogP contribution in [0.3, 0.4) is 0 Å². The molecule has 0 spiro atoms. The number of rotatable bonds is 6. The third-order valence-electron chi connectivity index (χ3n) is 4.07. The van der Waals surface area contributed by atoms with Crippen molar-refractivity contribution in [2.24, 2.45) is 0 Å². The van der Waals surface area contributed by atoms with Crippen molar-refractivity contribution < 1.29 is 4.79 Å². The molecule has 0 radical (unpaired) electrons. The van der Waals surface area contributed by atoms with Gasteiger partial charge in [-0.3, -0.25) is 4.79 Å². The zero-order valence-corrected chi connectivity index (χ0v) is 15.4. The summed E-state index contributed by atoms with van der Waals surface area (Å²) in [5.41, 5.74) is 2.92. The van der Waals surface area contributed by atoms with Crippen LogP contribution in [0.2, 0.25) is 0 Å². The molecule has 26 heavy (non-hydrogen) atoms. The molecule has 3 aromatic rings. The molecular weight excluding hydrogens is 350 g/mol. The molecule has 2 aromatic heterocycles. The van der Waals surface area contributed by atoms with Crippen LogP contribution in [0.25, 0.3) is 5.69 Å². The quantitative estimate of drug-likeness (QED) is 0.672. The Kier molecular flexibility index (Phi) is 4.46. The molecule has 0 atom stereocenters. The van der Waals surface area contributed by atoms with Gasteiger partial charge in [-0.1, -0.05) is 29.5 Å². The lowest BCUT2D eigenvalue weighted by Gasteiger charge is -2.09. The maximum Gasteiger partial charge on any atom is 0.236 e. The van der Waals surface area contributed by atoms with Crippen LogP contribution in [0.15, 0.2) is 35.5 Å². The van der Waals surface area contributed by atoms with Crippen LogP contribution < -0.4 is 5.32 Å². The number of thioether (sulfide) groups is 1. The van der Waals surface area contributed by atoms with E-state index in [-0.39, 0.29) is 11.7 Å². The van der Waals surface area contributed by atoms with Crippen molar-refractivity contribution in [1.29, 1.82) is 0 Å². The lowest BCUT2D eigenvalue weighted by atomic mass is 10.2. The second-order valence-corrected chi connectivity index (χ2v) is 7.33. The van der Waals surface area contributed by atoms with Gasteiger partial charge in [0.15, 0.2) is 0 Å². The number of carbonyl (C=O) groups excluding carboxylic acids is 1. The Balaban J connectivity index is 1.44. The Hall–Kier alpha value is -2.68. The Labute approximate surface area is 155 Å². The Morgan fingerprint density at radius 2 is 2.04 bits per heavy atom. The van der Waals surface area contributed by atoms with E-state index in [2.05, 4.69) is 25.9 Å². The van der Waals surface area contributed by atoms with E-state index in [0.29, 0.717) is 17.0 Å². The van der Waals surface area contributed by atoms with Crippen LogP contribution in [0.1, 0.15) is 30.1 Å². The Morgan fingerprint density at radius 3 is 2.77 bits per heavy atom. The minimum absolute atomic E-state index is 0.117. The zero-order valence-electron chi connectivity index (χ0n) is 14.6. The van der Waals surface area contributed by atoms with E-state index < -0.39 is 0 Å². The van der Waals surface area contributed by atoms with Crippen LogP contribution in [0.5, 0.6) is 0 Å². The van der Waals surface area contributed by atoms with E-state index in [1.165, 1.54) is 17.3 Å². The third kappa shape index (κ3) is 3.62. The minimum Gasteiger partial charge on any atom is -0.310 e. The number of hydrogen-bond donors (Lipinski definition) is 1. The first kappa shape index (κ1) is 16.8. The number of aryl methyl sites for hydroxylation is 2. The monoisotopic (exact) mass is 369 g/mol. The molecule has 134 valence electrons. The zero-order chi connectivity index (χ0) is 18.1. The molecule has 0 aliphatic heterocycles. The number of nitrogens with zero attached hydrogens (tertiary/aromatic N) is 6. The first-order chi connectivity index (χ1) is 12.6. The molecule has 2 heterocycles. The predicted octanol–water partition coefficient (Wildman–Crippen LogP) is 2.54. The predicted molar refractivity (Wildman–Crippen MR) is 98.5 cm³/mol. The van der Waals surface area contributed by atoms with Crippen molar-refractivity contribution in [2.75, 3.05) is 11.1 Å². The van der Waals surface area contributed by atoms with Crippen LogP contribution in [0.4, 0.5) is 5.82 Å². The summed E-state index contributed by atoms with van der Waals surface area (Å²) < 4.78 is 3.55. The molecule has 9 heteroatoms. The number of carbonyl (C=O) groups is 1. The standard InChI is InChI=1S/C17H19N7OS/c1-11-3-5-13(6-4-11)23-15(9-12(2)20-23)18-16(25)10-26-17-19-21-22-24(17)14-7-8-14/h3-6,9,14H,7-8,10H2,1-2H3,(H,18,25). The van der Waals surface area contributed by atoms with E-state index in [9.17, 15) is 4.79 Å². The molecule has 1 aliphatic carbocycles. The topological polar surface area (TPSA) is 90.5 Å². The maximum absolute atomic E-state index is 12.4. The van der Waals surface area contributed by atoms with Crippen LogP contribution >= 0.6 is 11.8 Å². The first-order valence-electron chi connectivity index (χ1n) is 8.44. The maximum atomic E-state index is 12.4. The van der Waals surface area contributed by atoms with Crippen molar-refractivity contribution in [3.8, 4) is 5.69 Å². The van der Waals surface area contributed by atoms with Gasteiger partial charge in [0.05, 0.1) is 23.2 Å². The van der Waals surface area contributed by atoms with Crippen LogP contribution in [-0.2, 0) is 4.79 Å². The number of hydrogen-bond acceptors (Lipinski definition) is 6. The molecule has 1 fully saturated rings. The fraction of sp³-hybridized carbons (Fsp3) is 0.353. The van der Waals surface area contributed by atoms with Gasteiger partial charge in [-0.05, 0) is 49.2 Å². The molecule has 1 aromatic carbocycles. The SMILES string of the molecule is Cc1ccc(-n2nc(C)cc2NC(=O)CSc2nnnn2C2CC2)cc1. The van der Waals surface area contributed by atoms with Crippen molar-refractivity contribution >= 4 is 23.5 Å². The summed E-state index contributed by atoms with van der Waals surface area (Å²) in [6, 6.07) is 10.3. The van der Waals surface area contributed by atoms with Gasteiger partial charge >= 0.3 is 0 Å². The van der Waals surface area contributed by atoms with Gasteiger partial charge in [0.25, 0.3) is 0 Å². The average molecular weight is 369 g/mol. The van der Waals surface area contributed by atoms with Gasteiger partial charge in [0.2, 0.25) is 11.1 Å². The third-order valence-corrected chi connectivity index (χ3v) is 5.00. The molecule has 1 N–H and O–H groups in total. The molecule has 8 nitrogen and oxygen atoms in total. The largest absolute Gasteiger partial charge is 0.310 e. The van der Waals surface area contributed by atoms with E-state index in [1.54, 1.807) is 9.36 Å². The van der Waals surface area contributed by atoms with Gasteiger partial charge in [0.1, 0.15) is 5.82 Å². The number of amides is 1. The number of tetrazole rings is 1. The molecule has 0 unspecified atom stereocenters. The highest BCUT2D eigenvalue weighted by atomic mass is 32.2. The van der Waals surface area contributed by atoms with Crippen LogP contribution in [-0.4, -0.2) is 41.6 Å². The summed E-state index contributed by atoms with van der Waals surface area (Å²) in [6.07, 6.45) is 2.19. The van der Waals surface area contributed by atoms with E-state index in [0.717, 1.165) is 24.2 Å². The Morgan fingerprint density at radius 1 is 1.27 bits per heavy atom. The highest BCUT2D eigenvalue weighted by Crippen LogP contribution is 2.36. The molecular formula is C17H19N7OS. The molecule has 1 saturated carbocycles. The number of benzene rings is 1. The van der Waals surface area contributed by atoms with E-state index in [4.69, 9.17) is 0 Å². The first-order valence-corrected chi connectivity index (χ1v) is 9.43. The second kappa shape index (κ2) is 6.91. The molecule has 1 amide bonds. The smallest absolute Gasteiger partial charge is 0.236 e. The summed E-state index contributed by atoms with van der Waals surface area (Å²) in [5.74, 6) is 0.776. The second-order valence-electron chi connectivity index (χ2n) is 6.39. The Bertz CT molecular complexity index is 927. The van der Waals surface area contributed by atoms with E-state index in [1.807, 2.05) is 44.2 Å². The summed E-state index contributed by atoms with van der Waals surface area (Å²) in [7, 11) is 0. The highest BCUT2D eigenvalue weighted by Gasteiger charge is 2.28. The molecule has 0 saturated heterocycles. The number of nitrogens with one attached hydrogen (secondary N) is 1. The van der Waals surface area contributed by atoms with Gasteiger partial charge < -0.3 is 5.32 Å². The lowest BCUT2D eigenvalue weighted by Crippen LogP contribution is -2.17. The summed E-state index contributed by atoms with van der Waals surface area (Å²) in [6.45, 7) is 3.94. The minimum atomic E-state index is -0.117. The molecule has 0 bridgehead atoms. The van der Waals surface area contributed by atoms with Gasteiger partial charge in [0, 0.05) is 6.07 Å². The number of anilines is 1. The van der Waals surface area contributed by atoms with E-state index >= 15 is 0 Å². The fourth-order valence-corrected chi connectivity index (χ4v) is 3.35. The lowest BCUT2D eigenvalue weighted by molar-refractivity contribution is -0.113. The van der Waals surface area contributed by atoms with Gasteiger partial charge in [-0.25, -0.2) is 9.36 Å². The van der Waals surface area contributed by atoms with Gasteiger partial charge in [-0.2, -0.15) is 5.10 Å². The summed E-state index contributed by atoms with van der Waals surface area (Å²) >= 11 is 1.34. The van der Waals surface area contributed by atoms with Gasteiger partial charge in [-0.15, -0.1) is 5.10 Å². The average Bonchev–Trinajstić information content (AvgIpc) is 3.25. The van der Waals surface area contributed by atoms with Crippen molar-refractivity contribution in [1.82, 2.24) is 30.0 Å². The van der Waals surface area contributed by atoms with Crippen molar-refractivity contribution in [3.05, 3.63) is 41.6 Å². The normalized spacial score (nSPS) is 13.8. The van der Waals surface area contributed by atoms with Crippen LogP contribution in [0, 0.1) is 13.8 Å². The number of aromatic nitrogens is 6.